The molecule has 0 saturated carbocycles. The number of nitrogens with zero attached hydrogens (tertiary/aromatic N) is 4. The Morgan fingerprint density at radius 1 is 0.786 bits per heavy atom. The number of carbonyl (C=O) groups excluding carboxylic acids is 1. The van der Waals surface area contributed by atoms with Gasteiger partial charge in [-0.05, 0) is 83.3 Å². The summed E-state index contributed by atoms with van der Waals surface area (Å²) in [7, 11) is 0. The zero-order valence-corrected chi connectivity index (χ0v) is 18.9. The van der Waals surface area contributed by atoms with E-state index in [0.717, 1.165) is 57.0 Å². The molecule has 3 saturated heterocycles. The molecule has 3 aliphatic heterocycles. The van der Waals surface area contributed by atoms with E-state index in [1.165, 1.54) is 51.7 Å². The number of carbonyl (C=O) groups is 1. The van der Waals surface area contributed by atoms with E-state index in [1.807, 2.05) is 0 Å². The number of piperidine rings is 2. The van der Waals surface area contributed by atoms with Gasteiger partial charge in [0.15, 0.2) is 0 Å². The van der Waals surface area contributed by atoms with E-state index in [9.17, 15) is 4.79 Å². The van der Waals surface area contributed by atoms with Gasteiger partial charge in [-0.3, -0.25) is 4.90 Å². The average Bonchev–Trinajstić information content (AvgIpc) is 2.72. The molecule has 3 aliphatic rings. The van der Waals surface area contributed by atoms with Crippen LogP contribution in [0.15, 0.2) is 0 Å². The van der Waals surface area contributed by atoms with Crippen molar-refractivity contribution in [2.45, 2.75) is 65.8 Å². The van der Waals surface area contributed by atoms with Crippen molar-refractivity contribution < 1.29 is 4.79 Å². The molecule has 3 rings (SSSR count). The Kier molecular flexibility index (Phi) is 8.04. The van der Waals surface area contributed by atoms with Gasteiger partial charge in [0, 0.05) is 45.3 Å². The molecule has 0 aromatic carbocycles. The molecule has 0 unspecified atom stereocenters. The molecule has 2 amide bonds. The minimum absolute atomic E-state index is 0.294. The molecule has 5 heteroatoms. The number of likely N-dealkylation sites (tertiary alicyclic amines) is 2. The lowest BCUT2D eigenvalue weighted by Gasteiger charge is -2.41. The molecule has 0 spiro atoms. The Labute approximate surface area is 173 Å². The van der Waals surface area contributed by atoms with Crippen molar-refractivity contribution in [2.24, 2.45) is 17.8 Å². The number of amides is 2. The van der Waals surface area contributed by atoms with Gasteiger partial charge in [0.1, 0.15) is 0 Å². The predicted octanol–water partition coefficient (Wildman–Crippen LogP) is 3.60. The molecule has 0 N–H and O–H groups in total. The third-order valence-electron chi connectivity index (χ3n) is 7.63. The first-order valence-corrected chi connectivity index (χ1v) is 11.9. The van der Waals surface area contributed by atoms with Gasteiger partial charge in [0.25, 0.3) is 0 Å². The molecule has 3 heterocycles. The zero-order chi connectivity index (χ0) is 20.1. The summed E-state index contributed by atoms with van der Waals surface area (Å²) < 4.78 is 0. The monoisotopic (exact) mass is 392 g/mol. The maximum absolute atomic E-state index is 12.9. The fourth-order valence-electron chi connectivity index (χ4n) is 5.24. The van der Waals surface area contributed by atoms with Gasteiger partial charge in [-0.1, -0.05) is 13.8 Å². The van der Waals surface area contributed by atoms with Crippen LogP contribution in [0.1, 0.15) is 59.8 Å². The highest BCUT2D eigenvalue weighted by Gasteiger charge is 2.29. The van der Waals surface area contributed by atoms with Crippen LogP contribution in [-0.4, -0.2) is 90.6 Å². The lowest BCUT2D eigenvalue weighted by Crippen LogP contribution is -2.54. The maximum atomic E-state index is 12.9. The number of rotatable bonds is 5. The van der Waals surface area contributed by atoms with Crippen molar-refractivity contribution in [3.8, 4) is 0 Å². The van der Waals surface area contributed by atoms with Crippen LogP contribution in [-0.2, 0) is 0 Å². The Hall–Kier alpha value is -0.810. The normalized spacial score (nSPS) is 24.5. The second kappa shape index (κ2) is 10.3. The van der Waals surface area contributed by atoms with E-state index in [1.54, 1.807) is 0 Å². The molecule has 0 radical (unpaired) electrons. The first-order valence-electron chi connectivity index (χ1n) is 11.9. The number of hydrogen-bond acceptors (Lipinski definition) is 3. The van der Waals surface area contributed by atoms with Gasteiger partial charge in [0.2, 0.25) is 0 Å². The van der Waals surface area contributed by atoms with Gasteiger partial charge in [-0.25, -0.2) is 4.79 Å². The minimum atomic E-state index is 0.294. The molecular weight excluding hydrogens is 348 g/mol. The molecule has 3 fully saturated rings. The van der Waals surface area contributed by atoms with Gasteiger partial charge >= 0.3 is 6.03 Å². The Bertz CT molecular complexity index is 471. The quantitative estimate of drug-likeness (QED) is 0.716. The van der Waals surface area contributed by atoms with Gasteiger partial charge < -0.3 is 14.7 Å². The summed E-state index contributed by atoms with van der Waals surface area (Å²) in [5.74, 6) is 2.45. The lowest BCUT2D eigenvalue weighted by atomic mass is 9.87. The molecule has 0 aliphatic carbocycles. The summed E-state index contributed by atoms with van der Waals surface area (Å²) in [6.07, 6.45) is 6.42. The highest BCUT2D eigenvalue weighted by molar-refractivity contribution is 5.74. The summed E-state index contributed by atoms with van der Waals surface area (Å²) in [6, 6.07) is 0.991. The predicted molar refractivity (Wildman–Crippen MR) is 117 cm³/mol. The van der Waals surface area contributed by atoms with E-state index in [2.05, 4.69) is 47.3 Å². The van der Waals surface area contributed by atoms with Crippen molar-refractivity contribution in [2.75, 3.05) is 58.9 Å². The second-order valence-electron chi connectivity index (χ2n) is 10.0. The van der Waals surface area contributed by atoms with E-state index in [0.29, 0.717) is 12.1 Å². The van der Waals surface area contributed by atoms with Crippen LogP contribution in [0.3, 0.4) is 0 Å². The van der Waals surface area contributed by atoms with Crippen LogP contribution >= 0.6 is 0 Å². The fraction of sp³-hybridized carbons (Fsp3) is 0.957. The van der Waals surface area contributed by atoms with E-state index in [4.69, 9.17) is 0 Å². The Morgan fingerprint density at radius 2 is 1.36 bits per heavy atom. The summed E-state index contributed by atoms with van der Waals surface area (Å²) >= 11 is 0. The Morgan fingerprint density at radius 3 is 1.89 bits per heavy atom. The summed E-state index contributed by atoms with van der Waals surface area (Å²) in [5.41, 5.74) is 0. The first-order chi connectivity index (χ1) is 13.4. The van der Waals surface area contributed by atoms with Crippen molar-refractivity contribution >= 4 is 6.03 Å². The molecule has 0 aromatic heterocycles. The van der Waals surface area contributed by atoms with Crippen molar-refractivity contribution in [1.29, 1.82) is 0 Å². The molecule has 0 aromatic rings. The van der Waals surface area contributed by atoms with E-state index in [-0.39, 0.29) is 0 Å². The smallest absolute Gasteiger partial charge is 0.320 e. The van der Waals surface area contributed by atoms with Crippen LogP contribution in [0.5, 0.6) is 0 Å². The van der Waals surface area contributed by atoms with Crippen LogP contribution in [0, 0.1) is 17.8 Å². The van der Waals surface area contributed by atoms with Crippen LogP contribution in [0.25, 0.3) is 0 Å². The highest BCUT2D eigenvalue weighted by atomic mass is 16.2. The van der Waals surface area contributed by atoms with Crippen LogP contribution in [0.4, 0.5) is 4.79 Å². The summed E-state index contributed by atoms with van der Waals surface area (Å²) in [5, 5.41) is 0. The molecular formula is C23H44N4O. The molecule has 0 atom stereocenters. The van der Waals surface area contributed by atoms with Crippen molar-refractivity contribution in [1.82, 2.24) is 19.6 Å². The number of piperazine rings is 1. The molecule has 0 bridgehead atoms. The van der Waals surface area contributed by atoms with Crippen molar-refractivity contribution in [3.63, 3.8) is 0 Å². The third-order valence-corrected chi connectivity index (χ3v) is 7.63. The van der Waals surface area contributed by atoms with Crippen molar-refractivity contribution in [3.05, 3.63) is 0 Å². The van der Waals surface area contributed by atoms with Gasteiger partial charge in [-0.2, -0.15) is 0 Å². The van der Waals surface area contributed by atoms with E-state index >= 15 is 0 Å². The Balaban J connectivity index is 1.32. The standard InChI is InChI=1S/C23H44N4O/c1-19(2)22-8-13-26(14-9-22)23(28)27-17-15-24(16-18-27)10-5-21-6-11-25(12-7-21)20(3)4/h19-22H,5-18H2,1-4H3. The minimum Gasteiger partial charge on any atom is -0.325 e. The largest absolute Gasteiger partial charge is 0.325 e. The summed E-state index contributed by atoms with van der Waals surface area (Å²) in [6.45, 7) is 18.9. The fourth-order valence-corrected chi connectivity index (χ4v) is 5.24. The van der Waals surface area contributed by atoms with Crippen LogP contribution in [0.2, 0.25) is 0 Å². The van der Waals surface area contributed by atoms with Crippen LogP contribution < -0.4 is 0 Å². The lowest BCUT2D eigenvalue weighted by molar-refractivity contribution is 0.0903. The number of urea groups is 1. The topological polar surface area (TPSA) is 30.0 Å². The maximum Gasteiger partial charge on any atom is 0.320 e. The molecule has 5 nitrogen and oxygen atoms in total. The second-order valence-corrected chi connectivity index (χ2v) is 10.0. The number of hydrogen-bond donors (Lipinski definition) is 0. The molecule has 162 valence electrons. The highest BCUT2D eigenvalue weighted by Crippen LogP contribution is 2.25. The first kappa shape index (κ1) is 21.9. The molecule has 28 heavy (non-hydrogen) atoms. The van der Waals surface area contributed by atoms with Gasteiger partial charge in [-0.15, -0.1) is 0 Å². The zero-order valence-electron chi connectivity index (χ0n) is 18.9. The van der Waals surface area contributed by atoms with E-state index < -0.39 is 0 Å². The third kappa shape index (κ3) is 5.85. The summed E-state index contributed by atoms with van der Waals surface area (Å²) in [4.78, 5) is 22.3. The van der Waals surface area contributed by atoms with Gasteiger partial charge in [0.05, 0.1) is 0 Å². The average molecular weight is 393 g/mol. The SMILES string of the molecule is CC(C)C1CCN(C(=O)N2CCN(CCC3CCN(C(C)C)CC3)CC2)CC1.